The van der Waals surface area contributed by atoms with Crippen LogP contribution >= 0.6 is 0 Å². The predicted octanol–water partition coefficient (Wildman–Crippen LogP) is 3.66. The van der Waals surface area contributed by atoms with Crippen LogP contribution in [0.3, 0.4) is 0 Å². The maximum absolute atomic E-state index is 12.5. The number of Topliss-reactive ketones (excluding diaryl/α,β-unsaturated/α-hetero) is 1. The standard InChI is InChI=1S/C18H22O2/c1-17-7-8-18(11-16(17)19)13(10-17)4-3-12-9-14(20-2)5-6-15(12)18/h5-6,9,13H,3-4,7-8,10-11H2,1-2H3/t13-,17-,18+/m0/s1. The van der Waals surface area contributed by atoms with E-state index in [2.05, 4.69) is 25.1 Å². The summed E-state index contributed by atoms with van der Waals surface area (Å²) in [7, 11) is 1.72. The molecule has 1 aromatic rings. The van der Waals surface area contributed by atoms with Gasteiger partial charge in [0.05, 0.1) is 7.11 Å². The molecule has 3 atom stereocenters. The Labute approximate surface area is 120 Å². The van der Waals surface area contributed by atoms with Gasteiger partial charge in [-0.1, -0.05) is 13.0 Å². The van der Waals surface area contributed by atoms with Crippen molar-refractivity contribution >= 4 is 5.78 Å². The van der Waals surface area contributed by atoms with Crippen molar-refractivity contribution in [3.05, 3.63) is 29.3 Å². The zero-order valence-electron chi connectivity index (χ0n) is 12.4. The monoisotopic (exact) mass is 270 g/mol. The first-order valence-corrected chi connectivity index (χ1v) is 7.78. The number of carbonyl (C=O) groups is 1. The van der Waals surface area contributed by atoms with Crippen LogP contribution in [0.15, 0.2) is 18.2 Å². The maximum Gasteiger partial charge on any atom is 0.139 e. The molecule has 3 fully saturated rings. The Morgan fingerprint density at radius 3 is 2.90 bits per heavy atom. The fraction of sp³-hybridized carbons (Fsp3) is 0.611. The lowest BCUT2D eigenvalue weighted by Crippen LogP contribution is -2.56. The maximum atomic E-state index is 12.5. The first-order chi connectivity index (χ1) is 9.57. The van der Waals surface area contributed by atoms with Crippen molar-refractivity contribution in [2.75, 3.05) is 7.11 Å². The van der Waals surface area contributed by atoms with Crippen LogP contribution in [-0.2, 0) is 16.6 Å². The van der Waals surface area contributed by atoms with Crippen LogP contribution in [0.2, 0.25) is 0 Å². The molecule has 106 valence electrons. The Bertz CT molecular complexity index is 591. The molecule has 3 saturated carbocycles. The van der Waals surface area contributed by atoms with E-state index in [1.54, 1.807) is 7.11 Å². The molecule has 20 heavy (non-hydrogen) atoms. The van der Waals surface area contributed by atoms with Gasteiger partial charge in [0.2, 0.25) is 0 Å². The van der Waals surface area contributed by atoms with Gasteiger partial charge < -0.3 is 4.74 Å². The number of methoxy groups -OCH3 is 1. The van der Waals surface area contributed by atoms with Crippen LogP contribution in [-0.4, -0.2) is 12.9 Å². The summed E-state index contributed by atoms with van der Waals surface area (Å²) >= 11 is 0. The molecule has 0 radical (unpaired) electrons. The minimum absolute atomic E-state index is 0.0175. The molecule has 0 unspecified atom stereocenters. The van der Waals surface area contributed by atoms with Crippen molar-refractivity contribution in [1.29, 1.82) is 0 Å². The van der Waals surface area contributed by atoms with E-state index >= 15 is 0 Å². The van der Waals surface area contributed by atoms with E-state index in [9.17, 15) is 4.79 Å². The van der Waals surface area contributed by atoms with E-state index in [-0.39, 0.29) is 10.8 Å². The highest BCUT2D eigenvalue weighted by molar-refractivity contribution is 5.88. The average Bonchev–Trinajstić information content (AvgIpc) is 2.46. The van der Waals surface area contributed by atoms with E-state index in [4.69, 9.17) is 4.74 Å². The van der Waals surface area contributed by atoms with Gasteiger partial charge in [-0.25, -0.2) is 0 Å². The summed E-state index contributed by atoms with van der Waals surface area (Å²) in [6.07, 6.45) is 6.53. The quantitative estimate of drug-likeness (QED) is 0.778. The van der Waals surface area contributed by atoms with Crippen LogP contribution in [0.4, 0.5) is 0 Å². The molecule has 4 aliphatic rings. The summed E-state index contributed by atoms with van der Waals surface area (Å²) in [4.78, 5) is 12.5. The number of ether oxygens (including phenoxy) is 1. The van der Waals surface area contributed by atoms with Crippen LogP contribution in [0, 0.1) is 11.3 Å². The molecule has 2 heteroatoms. The second-order valence-electron chi connectivity index (χ2n) is 7.28. The summed E-state index contributed by atoms with van der Waals surface area (Å²) < 4.78 is 5.36. The van der Waals surface area contributed by atoms with Crippen LogP contribution < -0.4 is 4.74 Å². The third kappa shape index (κ3) is 1.43. The van der Waals surface area contributed by atoms with E-state index in [0.717, 1.165) is 31.4 Å². The van der Waals surface area contributed by atoms with Gasteiger partial charge in [0, 0.05) is 17.3 Å². The van der Waals surface area contributed by atoms with Crippen LogP contribution in [0.1, 0.15) is 50.2 Å². The Morgan fingerprint density at radius 1 is 1.30 bits per heavy atom. The Kier molecular flexibility index (Phi) is 2.40. The molecular formula is C18H22O2. The SMILES string of the molecule is COc1ccc2c(c1)CC[C@H]1C[C@]3(C)CC[C@]21CC3=O. The largest absolute Gasteiger partial charge is 0.497 e. The van der Waals surface area contributed by atoms with Gasteiger partial charge in [-0.2, -0.15) is 0 Å². The van der Waals surface area contributed by atoms with Crippen molar-refractivity contribution in [2.24, 2.45) is 11.3 Å². The molecule has 0 aliphatic heterocycles. The van der Waals surface area contributed by atoms with Crippen LogP contribution in [0.25, 0.3) is 0 Å². The molecule has 0 aromatic heterocycles. The number of ketones is 1. The first kappa shape index (κ1) is 12.4. The van der Waals surface area contributed by atoms with E-state index in [1.807, 2.05) is 0 Å². The number of rotatable bonds is 1. The van der Waals surface area contributed by atoms with Crippen molar-refractivity contribution in [2.45, 2.75) is 50.9 Å². The summed E-state index contributed by atoms with van der Waals surface area (Å²) in [6, 6.07) is 6.50. The summed E-state index contributed by atoms with van der Waals surface area (Å²) in [5.41, 5.74) is 2.99. The van der Waals surface area contributed by atoms with E-state index in [0.29, 0.717) is 11.7 Å². The molecule has 4 aliphatic carbocycles. The molecule has 1 spiro atoms. The highest BCUT2D eigenvalue weighted by atomic mass is 16.5. The second kappa shape index (κ2) is 3.87. The van der Waals surface area contributed by atoms with Gasteiger partial charge in [0.1, 0.15) is 11.5 Å². The van der Waals surface area contributed by atoms with E-state index in [1.165, 1.54) is 24.0 Å². The Balaban J connectivity index is 1.84. The third-order valence-electron chi connectivity index (χ3n) is 6.36. The lowest BCUT2D eigenvalue weighted by atomic mass is 9.45. The third-order valence-corrected chi connectivity index (χ3v) is 6.36. The second-order valence-corrected chi connectivity index (χ2v) is 7.28. The van der Waals surface area contributed by atoms with Crippen molar-refractivity contribution in [3.8, 4) is 5.75 Å². The van der Waals surface area contributed by atoms with Gasteiger partial charge in [-0.15, -0.1) is 0 Å². The number of fused-ring (bicyclic) bond motifs is 3. The Morgan fingerprint density at radius 2 is 2.15 bits per heavy atom. The number of aryl methyl sites for hydroxylation is 1. The molecule has 5 rings (SSSR count). The fourth-order valence-electron chi connectivity index (χ4n) is 5.08. The molecule has 2 nitrogen and oxygen atoms in total. The predicted molar refractivity (Wildman–Crippen MR) is 78.1 cm³/mol. The number of carbonyl (C=O) groups excluding carboxylic acids is 1. The molecule has 0 heterocycles. The molecule has 0 saturated heterocycles. The van der Waals surface area contributed by atoms with E-state index < -0.39 is 0 Å². The number of hydrogen-bond donors (Lipinski definition) is 0. The smallest absolute Gasteiger partial charge is 0.139 e. The number of benzene rings is 1. The molecule has 1 aromatic carbocycles. The highest BCUT2D eigenvalue weighted by Crippen LogP contribution is 2.62. The minimum Gasteiger partial charge on any atom is -0.497 e. The fourth-order valence-corrected chi connectivity index (χ4v) is 5.08. The summed E-state index contributed by atoms with van der Waals surface area (Å²) in [5.74, 6) is 2.16. The van der Waals surface area contributed by atoms with Gasteiger partial charge in [-0.05, 0) is 61.3 Å². The van der Waals surface area contributed by atoms with Crippen molar-refractivity contribution < 1.29 is 9.53 Å². The Hall–Kier alpha value is -1.31. The molecule has 0 N–H and O–H groups in total. The van der Waals surface area contributed by atoms with Crippen molar-refractivity contribution in [1.82, 2.24) is 0 Å². The molecule has 2 bridgehead atoms. The molecule has 0 amide bonds. The average molecular weight is 270 g/mol. The number of hydrogen-bond acceptors (Lipinski definition) is 2. The lowest BCUT2D eigenvalue weighted by Gasteiger charge is -2.58. The van der Waals surface area contributed by atoms with Gasteiger partial charge >= 0.3 is 0 Å². The topological polar surface area (TPSA) is 26.3 Å². The lowest BCUT2D eigenvalue weighted by molar-refractivity contribution is -0.143. The zero-order valence-corrected chi connectivity index (χ0v) is 12.4. The molecular weight excluding hydrogens is 248 g/mol. The van der Waals surface area contributed by atoms with Crippen molar-refractivity contribution in [3.63, 3.8) is 0 Å². The van der Waals surface area contributed by atoms with Gasteiger partial charge in [0.15, 0.2) is 0 Å². The normalized spacial score (nSPS) is 38.3. The minimum atomic E-state index is -0.0175. The highest BCUT2D eigenvalue weighted by Gasteiger charge is 2.58. The van der Waals surface area contributed by atoms with Crippen LogP contribution in [0.5, 0.6) is 5.75 Å². The van der Waals surface area contributed by atoms with Gasteiger partial charge in [-0.3, -0.25) is 4.79 Å². The van der Waals surface area contributed by atoms with Gasteiger partial charge in [0.25, 0.3) is 0 Å². The summed E-state index contributed by atoms with van der Waals surface area (Å²) in [5, 5.41) is 0. The first-order valence-electron chi connectivity index (χ1n) is 7.78. The zero-order chi connectivity index (χ0) is 14.0. The summed E-state index contributed by atoms with van der Waals surface area (Å²) in [6.45, 7) is 2.20.